The van der Waals surface area contributed by atoms with Crippen LogP contribution in [-0.4, -0.2) is 9.91 Å². The number of benzene rings is 1. The molecule has 0 amide bonds. The monoisotopic (exact) mass is 355 g/mol. The first kappa shape index (κ1) is 14.7. The minimum atomic E-state index is -0.497. The molecule has 0 radical (unpaired) electrons. The van der Waals surface area contributed by atoms with E-state index in [1.54, 1.807) is 0 Å². The number of aromatic nitrogens is 1. The molecule has 1 aromatic carbocycles. The summed E-state index contributed by atoms with van der Waals surface area (Å²) in [5, 5.41) is 14.0. The molecule has 0 spiro atoms. The lowest BCUT2D eigenvalue weighted by molar-refractivity contribution is -0.384. The molecule has 0 bridgehead atoms. The molecule has 1 heterocycles. The third kappa shape index (κ3) is 3.68. The van der Waals surface area contributed by atoms with Gasteiger partial charge in [-0.1, -0.05) is 39.7 Å². The van der Waals surface area contributed by atoms with Crippen molar-refractivity contribution in [2.75, 3.05) is 5.32 Å². The first-order valence-electron chi connectivity index (χ1n) is 5.79. The van der Waals surface area contributed by atoms with E-state index in [1.165, 1.54) is 12.1 Å². The van der Waals surface area contributed by atoms with Crippen molar-refractivity contribution in [2.24, 2.45) is 0 Å². The topological polar surface area (TPSA) is 68.1 Å². The van der Waals surface area contributed by atoms with E-state index in [0.717, 1.165) is 10.0 Å². The maximum atomic E-state index is 10.8. The van der Waals surface area contributed by atoms with Crippen molar-refractivity contribution in [3.8, 4) is 0 Å². The average molecular weight is 357 g/mol. The molecule has 0 aliphatic heterocycles. The Morgan fingerprint density at radius 2 is 2.00 bits per heavy atom. The van der Waals surface area contributed by atoms with Gasteiger partial charge in [-0.15, -0.1) is 0 Å². The summed E-state index contributed by atoms with van der Waals surface area (Å²) in [6.07, 6.45) is 0. The van der Waals surface area contributed by atoms with Crippen LogP contribution in [0.3, 0.4) is 0 Å². The van der Waals surface area contributed by atoms with Gasteiger partial charge in [0.15, 0.2) is 0 Å². The van der Waals surface area contributed by atoms with Crippen LogP contribution in [0.2, 0.25) is 5.15 Å². The van der Waals surface area contributed by atoms with Crippen molar-refractivity contribution in [1.29, 1.82) is 0 Å². The minimum Gasteiger partial charge on any atom is -0.363 e. The Kier molecular flexibility index (Phi) is 4.57. The van der Waals surface area contributed by atoms with Gasteiger partial charge in [-0.3, -0.25) is 10.1 Å². The van der Waals surface area contributed by atoms with Crippen LogP contribution in [0.15, 0.2) is 40.9 Å². The van der Waals surface area contributed by atoms with Crippen LogP contribution in [0, 0.1) is 10.1 Å². The number of hydrogen-bond acceptors (Lipinski definition) is 4. The first-order chi connectivity index (χ1) is 9.45. The fourth-order valence-corrected chi connectivity index (χ4v) is 2.19. The maximum absolute atomic E-state index is 10.8. The molecule has 2 rings (SSSR count). The number of hydrogen-bond donors (Lipinski definition) is 1. The Hall–Kier alpha value is -1.66. The fourth-order valence-electron chi connectivity index (χ4n) is 1.72. The summed E-state index contributed by atoms with van der Waals surface area (Å²) in [5.74, 6) is 0.375. The molecule has 20 heavy (non-hydrogen) atoms. The van der Waals surface area contributed by atoms with Gasteiger partial charge >= 0.3 is 0 Å². The highest BCUT2D eigenvalue weighted by Gasteiger charge is 2.12. The van der Waals surface area contributed by atoms with Gasteiger partial charge in [0.25, 0.3) is 5.69 Å². The number of rotatable bonds is 4. The highest BCUT2D eigenvalue weighted by atomic mass is 79.9. The van der Waals surface area contributed by atoms with Crippen LogP contribution in [0.5, 0.6) is 0 Å². The second-order valence-corrected chi connectivity index (χ2v) is 5.51. The quantitative estimate of drug-likeness (QED) is 0.494. The average Bonchev–Trinajstić information content (AvgIpc) is 2.38. The third-order valence-electron chi connectivity index (χ3n) is 2.72. The van der Waals surface area contributed by atoms with Crippen LogP contribution in [0.25, 0.3) is 0 Å². The molecular weight excluding hydrogens is 346 g/mol. The summed E-state index contributed by atoms with van der Waals surface area (Å²) in [6, 6.07) is 10.3. The van der Waals surface area contributed by atoms with Gasteiger partial charge in [-0.05, 0) is 24.6 Å². The summed E-state index contributed by atoms with van der Waals surface area (Å²) in [4.78, 5) is 14.3. The molecule has 0 aliphatic rings. The highest BCUT2D eigenvalue weighted by molar-refractivity contribution is 9.10. The number of halogens is 2. The molecule has 1 unspecified atom stereocenters. The van der Waals surface area contributed by atoms with Crippen molar-refractivity contribution in [3.63, 3.8) is 0 Å². The second kappa shape index (κ2) is 6.19. The Morgan fingerprint density at radius 3 is 2.60 bits per heavy atom. The van der Waals surface area contributed by atoms with Gasteiger partial charge in [0.05, 0.1) is 17.1 Å². The summed E-state index contributed by atoms with van der Waals surface area (Å²) in [5.41, 5.74) is 0.952. The predicted octanol–water partition coefficient (Wildman–Crippen LogP) is 4.58. The van der Waals surface area contributed by atoms with E-state index in [2.05, 4.69) is 26.2 Å². The van der Waals surface area contributed by atoms with Crippen LogP contribution >= 0.6 is 27.5 Å². The van der Waals surface area contributed by atoms with Gasteiger partial charge in [0.1, 0.15) is 11.0 Å². The summed E-state index contributed by atoms with van der Waals surface area (Å²) in [6.45, 7) is 1.94. The van der Waals surface area contributed by atoms with Crippen molar-refractivity contribution in [1.82, 2.24) is 4.98 Å². The summed E-state index contributed by atoms with van der Waals surface area (Å²) < 4.78 is 0.991. The van der Waals surface area contributed by atoms with E-state index < -0.39 is 4.92 Å². The number of nitro groups is 1. The van der Waals surface area contributed by atoms with Crippen molar-refractivity contribution in [3.05, 3.63) is 61.7 Å². The number of pyridine rings is 1. The van der Waals surface area contributed by atoms with Crippen molar-refractivity contribution < 1.29 is 4.92 Å². The second-order valence-electron chi connectivity index (χ2n) is 4.21. The largest absolute Gasteiger partial charge is 0.363 e. The SMILES string of the molecule is CC(Nc1cc([N+](=O)[O-])cc(Cl)n1)c1ccc(Br)cc1. The lowest BCUT2D eigenvalue weighted by Crippen LogP contribution is -2.08. The standard InChI is InChI=1S/C13H11BrClN3O2/c1-8(9-2-4-10(14)5-3-9)16-13-7-11(18(19)20)6-12(15)17-13/h2-8H,1H3,(H,16,17). The minimum absolute atomic E-state index is 0.0475. The number of nitrogens with zero attached hydrogens (tertiary/aromatic N) is 2. The third-order valence-corrected chi connectivity index (χ3v) is 3.45. The zero-order valence-corrected chi connectivity index (χ0v) is 12.9. The van der Waals surface area contributed by atoms with E-state index in [-0.39, 0.29) is 16.9 Å². The van der Waals surface area contributed by atoms with Crippen LogP contribution in [0.4, 0.5) is 11.5 Å². The Morgan fingerprint density at radius 1 is 1.35 bits per heavy atom. The highest BCUT2D eigenvalue weighted by Crippen LogP contribution is 2.24. The van der Waals surface area contributed by atoms with Gasteiger partial charge in [0.2, 0.25) is 0 Å². The van der Waals surface area contributed by atoms with Gasteiger partial charge in [0, 0.05) is 10.5 Å². The molecule has 7 heteroatoms. The molecule has 0 saturated carbocycles. The molecule has 1 aromatic heterocycles. The number of anilines is 1. The summed E-state index contributed by atoms with van der Waals surface area (Å²) >= 11 is 9.15. The molecule has 2 aromatic rings. The van der Waals surface area contributed by atoms with Gasteiger partial charge in [-0.25, -0.2) is 4.98 Å². The molecule has 1 atom stereocenters. The lowest BCUT2D eigenvalue weighted by Gasteiger charge is -2.15. The smallest absolute Gasteiger partial charge is 0.276 e. The van der Waals surface area contributed by atoms with E-state index >= 15 is 0 Å². The molecule has 5 nitrogen and oxygen atoms in total. The first-order valence-corrected chi connectivity index (χ1v) is 6.97. The zero-order valence-electron chi connectivity index (χ0n) is 10.5. The van der Waals surface area contributed by atoms with E-state index in [0.29, 0.717) is 5.82 Å². The molecule has 0 fully saturated rings. The lowest BCUT2D eigenvalue weighted by atomic mass is 10.1. The van der Waals surface area contributed by atoms with Crippen molar-refractivity contribution >= 4 is 39.0 Å². The van der Waals surface area contributed by atoms with E-state index in [1.807, 2.05) is 31.2 Å². The van der Waals surface area contributed by atoms with Crippen LogP contribution < -0.4 is 5.32 Å². The van der Waals surface area contributed by atoms with Gasteiger partial charge in [-0.2, -0.15) is 0 Å². The maximum Gasteiger partial charge on any atom is 0.276 e. The predicted molar refractivity (Wildman–Crippen MR) is 82.1 cm³/mol. The fraction of sp³-hybridized carbons (Fsp3) is 0.154. The molecular formula is C13H11BrClN3O2. The van der Waals surface area contributed by atoms with E-state index in [4.69, 9.17) is 11.6 Å². The van der Waals surface area contributed by atoms with Gasteiger partial charge < -0.3 is 5.32 Å². The van der Waals surface area contributed by atoms with Crippen LogP contribution in [-0.2, 0) is 0 Å². The molecule has 0 aliphatic carbocycles. The Balaban J connectivity index is 2.21. The Bertz CT molecular complexity index is 634. The Labute approximate surface area is 129 Å². The zero-order chi connectivity index (χ0) is 14.7. The normalized spacial score (nSPS) is 11.9. The van der Waals surface area contributed by atoms with Crippen molar-refractivity contribution in [2.45, 2.75) is 13.0 Å². The molecule has 104 valence electrons. The van der Waals surface area contributed by atoms with Crippen LogP contribution in [0.1, 0.15) is 18.5 Å². The molecule has 1 N–H and O–H groups in total. The number of nitrogens with one attached hydrogen (secondary N) is 1. The van der Waals surface area contributed by atoms with E-state index in [9.17, 15) is 10.1 Å². The summed E-state index contributed by atoms with van der Waals surface area (Å²) in [7, 11) is 0. The molecule has 0 saturated heterocycles.